The van der Waals surface area contributed by atoms with E-state index in [9.17, 15) is 0 Å². The van der Waals surface area contributed by atoms with Crippen molar-refractivity contribution in [2.45, 2.75) is 59.8 Å². The van der Waals surface area contributed by atoms with Crippen LogP contribution in [0.3, 0.4) is 0 Å². The topological polar surface area (TPSA) is 0 Å². The third-order valence-corrected chi connectivity index (χ3v) is 2.77. The van der Waals surface area contributed by atoms with Crippen molar-refractivity contribution in [3.8, 4) is 0 Å². The molecule has 0 unspecified atom stereocenters. The Morgan fingerprint density at radius 3 is 2.00 bits per heavy atom. The quantitative estimate of drug-likeness (QED) is 0.562. The fourth-order valence-electron chi connectivity index (χ4n) is 1.98. The summed E-state index contributed by atoms with van der Waals surface area (Å²) in [6, 6.07) is 8.80. The Balaban J connectivity index is 0.000000442. The van der Waals surface area contributed by atoms with Gasteiger partial charge in [0.05, 0.1) is 0 Å². The summed E-state index contributed by atoms with van der Waals surface area (Å²) >= 11 is 0. The average molecular weight is 206 g/mol. The normalized spacial score (nSPS) is 15.3. The minimum Gasteiger partial charge on any atom is -0.0683 e. The Labute approximate surface area is 95.7 Å². The van der Waals surface area contributed by atoms with Crippen LogP contribution in [0, 0.1) is 0 Å². The molecule has 1 aliphatic carbocycles. The van der Waals surface area contributed by atoms with Crippen LogP contribution in [0.1, 0.15) is 59.1 Å². The minimum absolute atomic E-state index is 0.427. The maximum absolute atomic E-state index is 2.33. The second-order valence-electron chi connectivity index (χ2n) is 4.04. The van der Waals surface area contributed by atoms with Gasteiger partial charge in [-0.1, -0.05) is 65.8 Å². The molecule has 0 aromatic heterocycles. The van der Waals surface area contributed by atoms with Gasteiger partial charge in [0.2, 0.25) is 0 Å². The molecule has 1 aromatic carbocycles. The number of hydrogen-bond donors (Lipinski definition) is 0. The third kappa shape index (κ3) is 3.37. The zero-order chi connectivity index (χ0) is 11.9. The third-order valence-electron chi connectivity index (χ3n) is 2.77. The fourth-order valence-corrected chi connectivity index (χ4v) is 1.98. The standard InChI is InChI=1S/C11H14.2C2H6/c1-11(2)8-7-9-5-3-4-6-10(9)11;2*1-2/h3-6H,7-8H2,1-2H3;2*1-2H3. The molecule has 0 saturated carbocycles. The van der Waals surface area contributed by atoms with Crippen LogP contribution in [0.5, 0.6) is 0 Å². The molecule has 0 radical (unpaired) electrons. The lowest BCUT2D eigenvalue weighted by Crippen LogP contribution is -2.11. The van der Waals surface area contributed by atoms with Gasteiger partial charge in [-0.25, -0.2) is 0 Å². The van der Waals surface area contributed by atoms with E-state index in [1.165, 1.54) is 12.8 Å². The maximum Gasteiger partial charge on any atom is -0.00977 e. The van der Waals surface area contributed by atoms with Crippen LogP contribution in [0.25, 0.3) is 0 Å². The molecule has 0 N–H and O–H groups in total. The summed E-state index contributed by atoms with van der Waals surface area (Å²) < 4.78 is 0. The van der Waals surface area contributed by atoms with Crippen LogP contribution >= 0.6 is 0 Å². The van der Waals surface area contributed by atoms with E-state index in [1.807, 2.05) is 27.7 Å². The summed E-state index contributed by atoms with van der Waals surface area (Å²) in [7, 11) is 0. The van der Waals surface area contributed by atoms with Gasteiger partial charge in [-0.05, 0) is 29.4 Å². The van der Waals surface area contributed by atoms with Crippen LogP contribution in [0.4, 0.5) is 0 Å². The number of fused-ring (bicyclic) bond motifs is 1. The van der Waals surface area contributed by atoms with Gasteiger partial charge in [0.25, 0.3) is 0 Å². The first-order valence-corrected chi connectivity index (χ1v) is 6.28. The van der Waals surface area contributed by atoms with Crippen LogP contribution in [0.15, 0.2) is 24.3 Å². The molecule has 0 fully saturated rings. The Kier molecular flexibility index (Phi) is 6.31. The Morgan fingerprint density at radius 2 is 1.47 bits per heavy atom. The number of rotatable bonds is 0. The van der Waals surface area contributed by atoms with E-state index in [4.69, 9.17) is 0 Å². The lowest BCUT2D eigenvalue weighted by atomic mass is 9.87. The number of hydrogen-bond acceptors (Lipinski definition) is 0. The largest absolute Gasteiger partial charge is 0.0683 e. The molecule has 15 heavy (non-hydrogen) atoms. The van der Waals surface area contributed by atoms with E-state index in [2.05, 4.69) is 38.1 Å². The molecule has 0 bridgehead atoms. The zero-order valence-electron chi connectivity index (χ0n) is 11.2. The van der Waals surface area contributed by atoms with Gasteiger partial charge in [-0.3, -0.25) is 0 Å². The molecule has 2 rings (SSSR count). The van der Waals surface area contributed by atoms with Crippen molar-refractivity contribution in [2.75, 3.05) is 0 Å². The number of benzene rings is 1. The van der Waals surface area contributed by atoms with Crippen molar-refractivity contribution >= 4 is 0 Å². The van der Waals surface area contributed by atoms with Crippen molar-refractivity contribution in [3.05, 3.63) is 35.4 Å². The van der Waals surface area contributed by atoms with Crippen LogP contribution in [-0.2, 0) is 11.8 Å². The van der Waals surface area contributed by atoms with Gasteiger partial charge >= 0.3 is 0 Å². The van der Waals surface area contributed by atoms with Crippen molar-refractivity contribution < 1.29 is 0 Å². The molecule has 1 aliphatic rings. The SMILES string of the molecule is CC.CC.CC1(C)CCc2ccccc21. The van der Waals surface area contributed by atoms with Crippen LogP contribution < -0.4 is 0 Å². The summed E-state index contributed by atoms with van der Waals surface area (Å²) in [5.74, 6) is 0. The lowest BCUT2D eigenvalue weighted by molar-refractivity contribution is 0.522. The van der Waals surface area contributed by atoms with E-state index < -0.39 is 0 Å². The van der Waals surface area contributed by atoms with Crippen molar-refractivity contribution in [1.29, 1.82) is 0 Å². The van der Waals surface area contributed by atoms with Crippen LogP contribution in [-0.4, -0.2) is 0 Å². The summed E-state index contributed by atoms with van der Waals surface area (Å²) in [5.41, 5.74) is 3.54. The van der Waals surface area contributed by atoms with E-state index >= 15 is 0 Å². The number of aryl methyl sites for hydroxylation is 1. The molecule has 0 heteroatoms. The molecule has 0 atom stereocenters. The summed E-state index contributed by atoms with van der Waals surface area (Å²) in [6.45, 7) is 12.7. The molecule has 0 saturated heterocycles. The lowest BCUT2D eigenvalue weighted by Gasteiger charge is -2.18. The summed E-state index contributed by atoms with van der Waals surface area (Å²) in [6.07, 6.45) is 2.58. The molecule has 0 nitrogen and oxygen atoms in total. The van der Waals surface area contributed by atoms with E-state index in [0.29, 0.717) is 5.41 Å². The molecular weight excluding hydrogens is 180 g/mol. The molecule has 86 valence electrons. The van der Waals surface area contributed by atoms with Crippen molar-refractivity contribution in [3.63, 3.8) is 0 Å². The highest BCUT2D eigenvalue weighted by Gasteiger charge is 2.28. The first kappa shape index (κ1) is 14.2. The van der Waals surface area contributed by atoms with E-state index in [-0.39, 0.29) is 0 Å². The summed E-state index contributed by atoms with van der Waals surface area (Å²) in [5, 5.41) is 0. The highest BCUT2D eigenvalue weighted by molar-refractivity contribution is 5.37. The predicted molar refractivity (Wildman–Crippen MR) is 70.5 cm³/mol. The van der Waals surface area contributed by atoms with Gasteiger partial charge in [0.15, 0.2) is 0 Å². The second kappa shape index (κ2) is 6.66. The van der Waals surface area contributed by atoms with Gasteiger partial charge < -0.3 is 0 Å². The highest BCUT2D eigenvalue weighted by atomic mass is 14.3. The fraction of sp³-hybridized carbons (Fsp3) is 0.600. The molecule has 0 aliphatic heterocycles. The maximum atomic E-state index is 2.33. The second-order valence-corrected chi connectivity index (χ2v) is 4.04. The first-order chi connectivity index (χ1) is 7.20. The van der Waals surface area contributed by atoms with Crippen molar-refractivity contribution in [1.82, 2.24) is 0 Å². The zero-order valence-corrected chi connectivity index (χ0v) is 11.2. The van der Waals surface area contributed by atoms with E-state index in [1.54, 1.807) is 11.1 Å². The Hall–Kier alpha value is -0.780. The highest BCUT2D eigenvalue weighted by Crippen LogP contribution is 2.37. The summed E-state index contributed by atoms with van der Waals surface area (Å²) in [4.78, 5) is 0. The van der Waals surface area contributed by atoms with Gasteiger partial charge in [0, 0.05) is 0 Å². The molecular formula is C15H26. The average Bonchev–Trinajstić information content (AvgIpc) is 2.62. The van der Waals surface area contributed by atoms with Crippen LogP contribution in [0.2, 0.25) is 0 Å². The van der Waals surface area contributed by atoms with Gasteiger partial charge in [-0.15, -0.1) is 0 Å². The Morgan fingerprint density at radius 1 is 0.933 bits per heavy atom. The smallest absolute Gasteiger partial charge is 0.00977 e. The van der Waals surface area contributed by atoms with E-state index in [0.717, 1.165) is 0 Å². The minimum atomic E-state index is 0.427. The van der Waals surface area contributed by atoms with Gasteiger partial charge in [-0.2, -0.15) is 0 Å². The monoisotopic (exact) mass is 206 g/mol. The first-order valence-electron chi connectivity index (χ1n) is 6.28. The molecule has 0 heterocycles. The molecule has 0 amide bonds. The molecule has 1 aromatic rings. The van der Waals surface area contributed by atoms with Crippen molar-refractivity contribution in [2.24, 2.45) is 0 Å². The van der Waals surface area contributed by atoms with Gasteiger partial charge in [0.1, 0.15) is 0 Å². The Bertz CT molecular complexity index is 271. The predicted octanol–water partition coefficient (Wildman–Crippen LogP) is 4.96. The molecule has 0 spiro atoms.